The molecule has 198 valence electrons. The number of methoxy groups -OCH3 is 1. The highest BCUT2D eigenvalue weighted by Crippen LogP contribution is 2.36. The molecule has 0 bridgehead atoms. The third-order valence-electron chi connectivity index (χ3n) is 5.87. The van der Waals surface area contributed by atoms with Crippen LogP contribution in [0.1, 0.15) is 37.9 Å². The highest BCUT2D eigenvalue weighted by Gasteiger charge is 2.34. The van der Waals surface area contributed by atoms with Gasteiger partial charge in [-0.25, -0.2) is 9.79 Å². The summed E-state index contributed by atoms with van der Waals surface area (Å²) in [7, 11) is 1.56. The predicted molar refractivity (Wildman–Crippen MR) is 147 cm³/mol. The van der Waals surface area contributed by atoms with Gasteiger partial charge in [0.25, 0.3) is 5.56 Å². The van der Waals surface area contributed by atoms with Gasteiger partial charge in [-0.2, -0.15) is 0 Å². The number of carbonyl (C=O) groups excluding carboxylic acids is 1. The Morgan fingerprint density at radius 2 is 1.87 bits per heavy atom. The Morgan fingerprint density at radius 3 is 2.53 bits per heavy atom. The fourth-order valence-corrected chi connectivity index (χ4v) is 5.25. The number of hydrogen-bond donors (Lipinski definition) is 0. The summed E-state index contributed by atoms with van der Waals surface area (Å²) in [4.78, 5) is 32.0. The lowest BCUT2D eigenvalue weighted by Gasteiger charge is -2.25. The van der Waals surface area contributed by atoms with Crippen LogP contribution in [-0.2, 0) is 9.53 Å². The van der Waals surface area contributed by atoms with Crippen molar-refractivity contribution in [2.24, 2.45) is 4.99 Å². The monoisotopic (exact) mass is 534 g/mol. The minimum absolute atomic E-state index is 0.200. The smallest absolute Gasteiger partial charge is 0.338 e. The molecule has 4 rings (SSSR count). The molecule has 3 aromatic rings. The molecular weight excluding hydrogens is 504 g/mol. The predicted octanol–water partition coefficient (Wildman–Crippen LogP) is 3.77. The van der Waals surface area contributed by atoms with Crippen molar-refractivity contribution in [3.63, 3.8) is 0 Å². The van der Waals surface area contributed by atoms with E-state index in [0.29, 0.717) is 56.6 Å². The van der Waals surface area contributed by atoms with Gasteiger partial charge < -0.3 is 18.9 Å². The van der Waals surface area contributed by atoms with Gasteiger partial charge in [-0.1, -0.05) is 42.2 Å². The van der Waals surface area contributed by atoms with Crippen molar-refractivity contribution in [1.82, 2.24) is 4.57 Å². The van der Waals surface area contributed by atoms with Gasteiger partial charge in [0.2, 0.25) is 0 Å². The van der Waals surface area contributed by atoms with E-state index < -0.39 is 12.0 Å². The first-order valence-corrected chi connectivity index (χ1v) is 13.1. The van der Waals surface area contributed by atoms with Gasteiger partial charge in [0, 0.05) is 0 Å². The van der Waals surface area contributed by atoms with Gasteiger partial charge in [-0.05, 0) is 62.2 Å². The first-order valence-electron chi connectivity index (χ1n) is 12.3. The molecule has 1 aliphatic rings. The Labute approximate surface area is 224 Å². The second-order valence-electron chi connectivity index (χ2n) is 8.31. The number of aromatic nitrogens is 1. The number of benzene rings is 2. The summed E-state index contributed by atoms with van der Waals surface area (Å²) < 4.78 is 24.2. The van der Waals surface area contributed by atoms with E-state index in [9.17, 15) is 9.59 Å². The summed E-state index contributed by atoms with van der Waals surface area (Å²) in [5.74, 6) is 1.27. The maximum atomic E-state index is 13.8. The van der Waals surface area contributed by atoms with E-state index in [-0.39, 0.29) is 12.2 Å². The highest BCUT2D eigenvalue weighted by molar-refractivity contribution is 7.07. The van der Waals surface area contributed by atoms with Crippen molar-refractivity contribution in [2.75, 3.05) is 26.9 Å². The van der Waals surface area contributed by atoms with Crippen LogP contribution in [0.3, 0.4) is 0 Å². The van der Waals surface area contributed by atoms with E-state index in [1.54, 1.807) is 49.8 Å². The van der Waals surface area contributed by atoms with Crippen molar-refractivity contribution in [2.45, 2.75) is 26.8 Å². The normalized spacial score (nSPS) is 14.9. The number of thiazole rings is 1. The SMILES string of the molecule is C=CCOc1ccc(C=c2sc3n(c2=O)[C@H](c2ccc(OC)c(OCC)c2)C(C(=O)OCC)=C(C)N=3)cc1. The van der Waals surface area contributed by atoms with Crippen LogP contribution in [0.15, 0.2) is 76.2 Å². The van der Waals surface area contributed by atoms with E-state index in [2.05, 4.69) is 11.6 Å². The molecule has 1 atom stereocenters. The molecule has 0 radical (unpaired) electrons. The molecule has 9 heteroatoms. The van der Waals surface area contributed by atoms with Gasteiger partial charge in [0.15, 0.2) is 16.3 Å². The molecule has 1 aliphatic heterocycles. The summed E-state index contributed by atoms with van der Waals surface area (Å²) in [6.45, 7) is 10.1. The fraction of sp³-hybridized carbons (Fsp3) is 0.276. The third kappa shape index (κ3) is 5.43. The zero-order valence-corrected chi connectivity index (χ0v) is 22.7. The molecule has 8 nitrogen and oxygen atoms in total. The van der Waals surface area contributed by atoms with Crippen LogP contribution in [0.2, 0.25) is 0 Å². The van der Waals surface area contributed by atoms with Crippen LogP contribution in [0.25, 0.3) is 6.08 Å². The minimum Gasteiger partial charge on any atom is -0.493 e. The number of carbonyl (C=O) groups is 1. The number of nitrogens with zero attached hydrogens (tertiary/aromatic N) is 2. The summed E-state index contributed by atoms with van der Waals surface area (Å²) in [5, 5.41) is 0. The van der Waals surface area contributed by atoms with Crippen LogP contribution < -0.4 is 29.1 Å². The highest BCUT2D eigenvalue weighted by atomic mass is 32.1. The summed E-state index contributed by atoms with van der Waals surface area (Å²) in [6.07, 6.45) is 3.49. The largest absolute Gasteiger partial charge is 0.493 e. The van der Waals surface area contributed by atoms with Crippen molar-refractivity contribution in [3.8, 4) is 17.2 Å². The summed E-state index contributed by atoms with van der Waals surface area (Å²) in [5.41, 5.74) is 2.07. The molecule has 0 spiro atoms. The van der Waals surface area contributed by atoms with Crippen molar-refractivity contribution < 1.29 is 23.7 Å². The first-order chi connectivity index (χ1) is 18.4. The molecule has 0 aliphatic carbocycles. The van der Waals surface area contributed by atoms with Crippen LogP contribution >= 0.6 is 11.3 Å². The lowest BCUT2D eigenvalue weighted by molar-refractivity contribution is -0.139. The quantitative estimate of drug-likeness (QED) is 0.291. The van der Waals surface area contributed by atoms with Crippen LogP contribution in [-0.4, -0.2) is 37.5 Å². The lowest BCUT2D eigenvalue weighted by atomic mass is 9.95. The second kappa shape index (κ2) is 12.0. The number of ether oxygens (including phenoxy) is 4. The van der Waals surface area contributed by atoms with Gasteiger partial charge in [-0.3, -0.25) is 9.36 Å². The molecule has 0 saturated carbocycles. The average molecular weight is 535 g/mol. The summed E-state index contributed by atoms with van der Waals surface area (Å²) in [6, 6.07) is 12.1. The number of rotatable bonds is 10. The Bertz CT molecular complexity index is 1550. The molecule has 1 aromatic heterocycles. The third-order valence-corrected chi connectivity index (χ3v) is 6.85. The number of fused-ring (bicyclic) bond motifs is 1. The molecule has 0 N–H and O–H groups in total. The lowest BCUT2D eigenvalue weighted by Crippen LogP contribution is -2.40. The topological polar surface area (TPSA) is 88.3 Å². The van der Waals surface area contributed by atoms with Crippen molar-refractivity contribution in [1.29, 1.82) is 0 Å². The van der Waals surface area contributed by atoms with E-state index in [1.165, 1.54) is 11.3 Å². The van der Waals surface area contributed by atoms with Gasteiger partial charge in [0.05, 0.1) is 42.2 Å². The zero-order valence-electron chi connectivity index (χ0n) is 21.9. The Kier molecular flexibility index (Phi) is 8.48. The zero-order chi connectivity index (χ0) is 27.2. The number of esters is 1. The molecule has 0 saturated heterocycles. The molecule has 38 heavy (non-hydrogen) atoms. The molecule has 0 amide bonds. The van der Waals surface area contributed by atoms with E-state index in [4.69, 9.17) is 18.9 Å². The van der Waals surface area contributed by atoms with Crippen molar-refractivity contribution >= 4 is 23.4 Å². The molecular formula is C29H30N2O6S. The van der Waals surface area contributed by atoms with E-state index >= 15 is 0 Å². The molecule has 2 heterocycles. The first kappa shape index (κ1) is 26.9. The standard InChI is InChI=1S/C29H30N2O6S/c1-6-15-37-21-12-9-19(10-13-21)16-24-27(32)31-26(20-11-14-22(34-5)23(17-20)35-7-2)25(28(33)36-8-3)18(4)30-29(31)38-24/h6,9-14,16-17,26H,1,7-8,15H2,2-5H3/t26-/m1/s1. The van der Waals surface area contributed by atoms with Gasteiger partial charge >= 0.3 is 5.97 Å². The minimum atomic E-state index is -0.743. The average Bonchev–Trinajstić information content (AvgIpc) is 3.21. The summed E-state index contributed by atoms with van der Waals surface area (Å²) >= 11 is 1.27. The van der Waals surface area contributed by atoms with Crippen molar-refractivity contribution in [3.05, 3.63) is 97.2 Å². The Balaban J connectivity index is 1.87. The molecule has 2 aromatic carbocycles. The maximum absolute atomic E-state index is 13.8. The van der Waals surface area contributed by atoms with E-state index in [0.717, 1.165) is 5.56 Å². The number of allylic oxidation sites excluding steroid dienone is 1. The van der Waals surface area contributed by atoms with Gasteiger partial charge in [0.1, 0.15) is 12.4 Å². The van der Waals surface area contributed by atoms with Crippen LogP contribution in [0, 0.1) is 0 Å². The maximum Gasteiger partial charge on any atom is 0.338 e. The fourth-order valence-electron chi connectivity index (χ4n) is 4.21. The van der Waals surface area contributed by atoms with Crippen LogP contribution in [0.4, 0.5) is 0 Å². The van der Waals surface area contributed by atoms with Gasteiger partial charge in [-0.15, -0.1) is 0 Å². The molecule has 0 unspecified atom stereocenters. The number of hydrogen-bond acceptors (Lipinski definition) is 8. The Morgan fingerprint density at radius 1 is 1.11 bits per heavy atom. The van der Waals surface area contributed by atoms with Crippen LogP contribution in [0.5, 0.6) is 17.2 Å². The van der Waals surface area contributed by atoms with E-state index in [1.807, 2.05) is 37.3 Å². The molecule has 0 fully saturated rings. The second-order valence-corrected chi connectivity index (χ2v) is 9.32. The Hall–Kier alpha value is -4.11.